The van der Waals surface area contributed by atoms with Crippen molar-refractivity contribution in [3.05, 3.63) is 40.2 Å². The largest absolute Gasteiger partial charge is 0.341 e. The summed E-state index contributed by atoms with van der Waals surface area (Å²) in [5.41, 5.74) is 0. The average Bonchev–Trinajstić information content (AvgIpc) is 3.21. The second-order valence-electron chi connectivity index (χ2n) is 5.87. The summed E-state index contributed by atoms with van der Waals surface area (Å²) in [6, 6.07) is 7.34. The van der Waals surface area contributed by atoms with E-state index in [1.165, 1.54) is 17.4 Å². The number of halogens is 1. The molecule has 1 fully saturated rings. The molecule has 0 spiro atoms. The van der Waals surface area contributed by atoms with Gasteiger partial charge in [-0.2, -0.15) is 0 Å². The average molecular weight is 363 g/mol. The van der Waals surface area contributed by atoms with E-state index < -0.39 is 6.04 Å². The Kier molecular flexibility index (Phi) is 5.21. The van der Waals surface area contributed by atoms with E-state index in [1.807, 2.05) is 24.3 Å². The van der Waals surface area contributed by atoms with E-state index in [0.29, 0.717) is 5.02 Å². The number of hydrogen-bond donors (Lipinski definition) is 1. The third kappa shape index (κ3) is 3.62. The summed E-state index contributed by atoms with van der Waals surface area (Å²) >= 11 is 7.89. The Morgan fingerprint density at radius 2 is 2.00 bits per heavy atom. The number of fused-ring (bicyclic) bond motifs is 1. The van der Waals surface area contributed by atoms with Crippen LogP contribution in [0.3, 0.4) is 0 Å². The number of nitrogens with zero attached hydrogens (tertiary/aromatic N) is 1. The lowest BCUT2D eigenvalue weighted by Gasteiger charge is -2.20. The second kappa shape index (κ2) is 7.36. The summed E-state index contributed by atoms with van der Waals surface area (Å²) in [5, 5.41) is 4.37. The molecular formula is C18H19ClN2O2S. The number of carbonyl (C=O) groups is 2. The third-order valence-corrected chi connectivity index (χ3v) is 5.75. The molecule has 1 saturated heterocycles. The van der Waals surface area contributed by atoms with Crippen LogP contribution in [0.1, 0.15) is 24.6 Å². The molecule has 2 aromatic rings. The summed E-state index contributed by atoms with van der Waals surface area (Å²) in [7, 11) is 0. The normalized spacial score (nSPS) is 16.0. The number of amides is 2. The number of nitrogens with one attached hydrogen (secondary N) is 1. The van der Waals surface area contributed by atoms with Crippen LogP contribution >= 0.6 is 22.9 Å². The molecule has 4 nitrogen and oxygen atoms in total. The van der Waals surface area contributed by atoms with Gasteiger partial charge in [0, 0.05) is 34.1 Å². The summed E-state index contributed by atoms with van der Waals surface area (Å²) in [6.07, 6.45) is 5.22. The lowest BCUT2D eigenvalue weighted by atomic mass is 10.2. The first-order valence-corrected chi connectivity index (χ1v) is 9.20. The van der Waals surface area contributed by atoms with Crippen LogP contribution in [0.5, 0.6) is 0 Å². The second-order valence-corrected chi connectivity index (χ2v) is 7.33. The smallest absolute Gasteiger partial charge is 0.244 e. The number of carbonyl (C=O) groups excluding carboxylic acids is 2. The zero-order chi connectivity index (χ0) is 17.1. The molecule has 2 amide bonds. The summed E-state index contributed by atoms with van der Waals surface area (Å²) in [5.74, 6) is -0.308. The van der Waals surface area contributed by atoms with Gasteiger partial charge in [0.15, 0.2) is 0 Å². The quantitative estimate of drug-likeness (QED) is 0.843. The molecule has 6 heteroatoms. The molecule has 1 atom stereocenters. The van der Waals surface area contributed by atoms with Crippen LogP contribution in [-0.4, -0.2) is 35.8 Å². The Bertz CT molecular complexity index is 793. The van der Waals surface area contributed by atoms with E-state index >= 15 is 0 Å². The van der Waals surface area contributed by atoms with Crippen LogP contribution < -0.4 is 5.32 Å². The first-order valence-electron chi connectivity index (χ1n) is 8.00. The zero-order valence-electron chi connectivity index (χ0n) is 13.4. The van der Waals surface area contributed by atoms with Crippen LogP contribution in [0, 0.1) is 0 Å². The number of benzene rings is 1. The first-order chi connectivity index (χ1) is 11.6. The van der Waals surface area contributed by atoms with Gasteiger partial charge in [0.1, 0.15) is 6.04 Å². The predicted molar refractivity (Wildman–Crippen MR) is 99.3 cm³/mol. The summed E-state index contributed by atoms with van der Waals surface area (Å²) < 4.78 is 1.08. The van der Waals surface area contributed by atoms with Crippen molar-refractivity contribution in [1.29, 1.82) is 0 Å². The molecule has 1 aliphatic rings. The first kappa shape index (κ1) is 17.0. The molecule has 1 N–H and O–H groups in total. The fourth-order valence-electron chi connectivity index (χ4n) is 2.83. The van der Waals surface area contributed by atoms with E-state index in [4.69, 9.17) is 11.6 Å². The number of likely N-dealkylation sites (tertiary alicyclic amines) is 1. The highest BCUT2D eigenvalue weighted by molar-refractivity contribution is 7.20. The van der Waals surface area contributed by atoms with E-state index in [0.717, 1.165) is 40.9 Å². The highest BCUT2D eigenvalue weighted by atomic mass is 35.5. The van der Waals surface area contributed by atoms with Gasteiger partial charge in [-0.3, -0.25) is 9.59 Å². The molecule has 0 unspecified atom stereocenters. The SMILES string of the molecule is C[C@@H](NC(=O)/C=C\c1sc2ccccc2c1Cl)C(=O)N1CCCC1. The van der Waals surface area contributed by atoms with Crippen LogP contribution in [-0.2, 0) is 9.59 Å². The van der Waals surface area contributed by atoms with Gasteiger partial charge in [-0.1, -0.05) is 29.8 Å². The molecule has 0 aliphatic carbocycles. The highest BCUT2D eigenvalue weighted by Gasteiger charge is 2.23. The van der Waals surface area contributed by atoms with E-state index in [9.17, 15) is 9.59 Å². The van der Waals surface area contributed by atoms with Gasteiger partial charge < -0.3 is 10.2 Å². The number of rotatable bonds is 4. The van der Waals surface area contributed by atoms with E-state index in [-0.39, 0.29) is 11.8 Å². The van der Waals surface area contributed by atoms with Gasteiger partial charge in [0.05, 0.1) is 5.02 Å². The minimum absolute atomic E-state index is 0.0193. The number of hydrogen-bond acceptors (Lipinski definition) is 3. The van der Waals surface area contributed by atoms with Crippen LogP contribution in [0.25, 0.3) is 16.2 Å². The Labute approximate surface area is 150 Å². The van der Waals surface area contributed by atoms with Crippen molar-refractivity contribution in [2.24, 2.45) is 0 Å². The molecule has 126 valence electrons. The summed E-state index contributed by atoms with van der Waals surface area (Å²) in [4.78, 5) is 26.9. The van der Waals surface area contributed by atoms with Crippen molar-refractivity contribution in [1.82, 2.24) is 10.2 Å². The molecule has 0 saturated carbocycles. The molecule has 0 radical (unpaired) electrons. The lowest BCUT2D eigenvalue weighted by molar-refractivity contribution is -0.134. The van der Waals surface area contributed by atoms with Crippen LogP contribution in [0.4, 0.5) is 0 Å². The molecule has 0 bridgehead atoms. The maximum absolute atomic E-state index is 12.2. The van der Waals surface area contributed by atoms with Gasteiger partial charge in [-0.25, -0.2) is 0 Å². The highest BCUT2D eigenvalue weighted by Crippen LogP contribution is 2.35. The maximum atomic E-state index is 12.2. The van der Waals surface area contributed by atoms with E-state index in [2.05, 4.69) is 5.32 Å². The Hall–Kier alpha value is -1.85. The molecule has 1 aromatic heterocycles. The Morgan fingerprint density at radius 1 is 1.29 bits per heavy atom. The third-order valence-electron chi connectivity index (χ3n) is 4.09. The minimum Gasteiger partial charge on any atom is -0.341 e. The standard InChI is InChI=1S/C18H19ClN2O2S/c1-12(18(23)21-10-4-5-11-21)20-16(22)9-8-15-17(19)13-6-2-3-7-14(13)24-15/h2-3,6-9,12H,4-5,10-11H2,1H3,(H,20,22)/b9-8-/t12-/m1/s1. The van der Waals surface area contributed by atoms with Crippen LogP contribution in [0.15, 0.2) is 30.3 Å². The van der Waals surface area contributed by atoms with Crippen molar-refractivity contribution < 1.29 is 9.59 Å². The molecular weight excluding hydrogens is 344 g/mol. The molecule has 3 rings (SSSR count). The molecule has 2 heterocycles. The van der Waals surface area contributed by atoms with Crippen molar-refractivity contribution in [3.8, 4) is 0 Å². The fourth-order valence-corrected chi connectivity index (χ4v) is 4.22. The topological polar surface area (TPSA) is 49.4 Å². The van der Waals surface area contributed by atoms with Gasteiger partial charge >= 0.3 is 0 Å². The van der Waals surface area contributed by atoms with Gasteiger partial charge in [0.2, 0.25) is 11.8 Å². The van der Waals surface area contributed by atoms with Gasteiger partial charge in [0.25, 0.3) is 0 Å². The van der Waals surface area contributed by atoms with E-state index in [1.54, 1.807) is 17.9 Å². The maximum Gasteiger partial charge on any atom is 0.244 e. The lowest BCUT2D eigenvalue weighted by Crippen LogP contribution is -2.45. The monoisotopic (exact) mass is 362 g/mol. The molecule has 1 aromatic carbocycles. The van der Waals surface area contributed by atoms with Crippen molar-refractivity contribution in [2.75, 3.05) is 13.1 Å². The zero-order valence-corrected chi connectivity index (χ0v) is 15.0. The summed E-state index contributed by atoms with van der Waals surface area (Å²) in [6.45, 7) is 3.29. The molecule has 1 aliphatic heterocycles. The van der Waals surface area contributed by atoms with Crippen molar-refractivity contribution >= 4 is 50.9 Å². The van der Waals surface area contributed by atoms with Gasteiger partial charge in [-0.05, 0) is 31.9 Å². The van der Waals surface area contributed by atoms with Crippen molar-refractivity contribution in [2.45, 2.75) is 25.8 Å². The Balaban J connectivity index is 1.64. The fraction of sp³-hybridized carbons (Fsp3) is 0.333. The predicted octanol–water partition coefficient (Wildman–Crippen LogP) is 3.70. The van der Waals surface area contributed by atoms with Gasteiger partial charge in [-0.15, -0.1) is 11.3 Å². The van der Waals surface area contributed by atoms with Crippen LogP contribution in [0.2, 0.25) is 5.02 Å². The molecule has 24 heavy (non-hydrogen) atoms. The van der Waals surface area contributed by atoms with Crippen molar-refractivity contribution in [3.63, 3.8) is 0 Å². The number of thiophene rings is 1. The minimum atomic E-state index is -0.516. The Morgan fingerprint density at radius 3 is 2.71 bits per heavy atom.